The van der Waals surface area contributed by atoms with Crippen LogP contribution < -0.4 is 5.32 Å². The molecular formula is C23H22FN5O2. The van der Waals surface area contributed by atoms with Crippen LogP contribution in [0.5, 0.6) is 0 Å². The van der Waals surface area contributed by atoms with Crippen molar-refractivity contribution >= 4 is 28.0 Å². The van der Waals surface area contributed by atoms with Gasteiger partial charge in [-0.25, -0.2) is 13.9 Å². The molecule has 1 aliphatic carbocycles. The number of aliphatic hydroxyl groups is 1. The Labute approximate surface area is 178 Å². The van der Waals surface area contributed by atoms with Gasteiger partial charge in [0.15, 0.2) is 0 Å². The highest BCUT2D eigenvalue weighted by Gasteiger charge is 2.43. The van der Waals surface area contributed by atoms with Crippen LogP contribution in [-0.2, 0) is 11.2 Å². The molecule has 4 heterocycles. The number of hydrogen-bond acceptors (Lipinski definition) is 5. The van der Waals surface area contributed by atoms with Crippen LogP contribution in [0.4, 0.5) is 10.2 Å². The van der Waals surface area contributed by atoms with E-state index in [-0.39, 0.29) is 18.9 Å². The minimum absolute atomic E-state index is 0.144. The topological polar surface area (TPSA) is 92.4 Å². The van der Waals surface area contributed by atoms with Gasteiger partial charge in [-0.15, -0.1) is 0 Å². The third kappa shape index (κ3) is 3.63. The van der Waals surface area contributed by atoms with Crippen molar-refractivity contribution in [1.82, 2.24) is 19.6 Å². The SMILES string of the molecule is Cc1cc(CCCO)ncc1-c1cc2cnc(NC(=O)[C@@H]3C[C@@H]3F)cc2c2ccnn12. The van der Waals surface area contributed by atoms with Gasteiger partial charge in [0.05, 0.1) is 23.3 Å². The summed E-state index contributed by atoms with van der Waals surface area (Å²) in [5.74, 6) is -0.493. The van der Waals surface area contributed by atoms with E-state index in [4.69, 9.17) is 5.11 Å². The highest BCUT2D eigenvalue weighted by atomic mass is 19.1. The first kappa shape index (κ1) is 19.6. The number of aromatic nitrogens is 4. The van der Waals surface area contributed by atoms with Crippen molar-refractivity contribution in [3.8, 4) is 11.3 Å². The van der Waals surface area contributed by atoms with E-state index in [0.29, 0.717) is 12.2 Å². The monoisotopic (exact) mass is 419 g/mol. The van der Waals surface area contributed by atoms with E-state index >= 15 is 0 Å². The summed E-state index contributed by atoms with van der Waals surface area (Å²) in [6.45, 7) is 2.18. The first-order valence-electron chi connectivity index (χ1n) is 10.3. The number of anilines is 1. The zero-order valence-electron chi connectivity index (χ0n) is 17.0. The number of nitrogens with zero attached hydrogens (tertiary/aromatic N) is 4. The third-order valence-corrected chi connectivity index (χ3v) is 5.71. The first-order chi connectivity index (χ1) is 15.0. The maximum Gasteiger partial charge on any atom is 0.231 e. The Kier molecular flexibility index (Phi) is 4.86. The number of hydrogen-bond donors (Lipinski definition) is 2. The summed E-state index contributed by atoms with van der Waals surface area (Å²) in [7, 11) is 0. The number of alkyl halides is 1. The average Bonchev–Trinajstić information content (AvgIpc) is 3.29. The predicted molar refractivity (Wildman–Crippen MR) is 116 cm³/mol. The molecule has 31 heavy (non-hydrogen) atoms. The summed E-state index contributed by atoms with van der Waals surface area (Å²) in [6.07, 6.45) is 5.93. The van der Waals surface area contributed by atoms with E-state index in [1.165, 1.54) is 0 Å². The van der Waals surface area contributed by atoms with Gasteiger partial charge in [-0.2, -0.15) is 5.10 Å². The normalized spacial score (nSPS) is 17.9. The van der Waals surface area contributed by atoms with Crippen LogP contribution >= 0.6 is 0 Å². The van der Waals surface area contributed by atoms with Crippen molar-refractivity contribution in [2.45, 2.75) is 32.4 Å². The zero-order valence-corrected chi connectivity index (χ0v) is 17.0. The summed E-state index contributed by atoms with van der Waals surface area (Å²) in [4.78, 5) is 21.0. The summed E-state index contributed by atoms with van der Waals surface area (Å²) >= 11 is 0. The molecule has 2 N–H and O–H groups in total. The minimum Gasteiger partial charge on any atom is -0.396 e. The van der Waals surface area contributed by atoms with Crippen LogP contribution in [-0.4, -0.2) is 43.4 Å². The number of aryl methyl sites for hydroxylation is 2. The van der Waals surface area contributed by atoms with Gasteiger partial charge in [-0.1, -0.05) is 0 Å². The molecule has 0 spiro atoms. The van der Waals surface area contributed by atoms with Gasteiger partial charge in [0.1, 0.15) is 12.0 Å². The molecule has 0 radical (unpaired) electrons. The Balaban J connectivity index is 1.55. The van der Waals surface area contributed by atoms with Crippen molar-refractivity contribution < 1.29 is 14.3 Å². The van der Waals surface area contributed by atoms with Crippen LogP contribution in [0.3, 0.4) is 0 Å². The highest BCUT2D eigenvalue weighted by Crippen LogP contribution is 2.35. The van der Waals surface area contributed by atoms with Crippen molar-refractivity contribution in [2.24, 2.45) is 5.92 Å². The molecule has 158 valence electrons. The van der Waals surface area contributed by atoms with Gasteiger partial charge in [-0.05, 0) is 56.0 Å². The number of pyridine rings is 3. The Bertz CT molecular complexity index is 1300. The Hall–Kier alpha value is -3.39. The largest absolute Gasteiger partial charge is 0.396 e. The molecule has 1 amide bonds. The van der Waals surface area contributed by atoms with Crippen LogP contribution in [0, 0.1) is 12.8 Å². The quantitative estimate of drug-likeness (QED) is 0.499. The number of amides is 1. The van der Waals surface area contributed by atoms with Gasteiger partial charge in [-0.3, -0.25) is 9.78 Å². The predicted octanol–water partition coefficient (Wildman–Crippen LogP) is 3.47. The number of carbonyl (C=O) groups excluding carboxylic acids is 1. The molecular weight excluding hydrogens is 397 g/mol. The van der Waals surface area contributed by atoms with Crippen LogP contribution in [0.1, 0.15) is 24.1 Å². The molecule has 0 bridgehead atoms. The van der Waals surface area contributed by atoms with Gasteiger partial charge < -0.3 is 10.4 Å². The Morgan fingerprint density at radius 1 is 1.29 bits per heavy atom. The van der Waals surface area contributed by atoms with E-state index in [0.717, 1.165) is 45.2 Å². The fourth-order valence-corrected chi connectivity index (χ4v) is 3.90. The Morgan fingerprint density at radius 3 is 2.87 bits per heavy atom. The molecule has 1 aliphatic rings. The maximum atomic E-state index is 13.2. The van der Waals surface area contributed by atoms with Gasteiger partial charge in [0.2, 0.25) is 5.91 Å². The molecule has 7 nitrogen and oxygen atoms in total. The van der Waals surface area contributed by atoms with Gasteiger partial charge >= 0.3 is 0 Å². The second-order valence-electron chi connectivity index (χ2n) is 7.98. The first-order valence-corrected chi connectivity index (χ1v) is 10.3. The van der Waals surface area contributed by atoms with E-state index in [9.17, 15) is 9.18 Å². The molecule has 2 atom stereocenters. The average molecular weight is 419 g/mol. The number of halogens is 1. The molecule has 5 rings (SSSR count). The third-order valence-electron chi connectivity index (χ3n) is 5.71. The summed E-state index contributed by atoms with van der Waals surface area (Å²) < 4.78 is 15.0. The lowest BCUT2D eigenvalue weighted by Gasteiger charge is -2.13. The maximum absolute atomic E-state index is 13.2. The van der Waals surface area contributed by atoms with E-state index in [1.54, 1.807) is 18.5 Å². The highest BCUT2D eigenvalue weighted by molar-refractivity contribution is 6.01. The van der Waals surface area contributed by atoms with Crippen LogP contribution in [0.15, 0.2) is 42.9 Å². The van der Waals surface area contributed by atoms with Crippen molar-refractivity contribution in [3.63, 3.8) is 0 Å². The number of fused-ring (bicyclic) bond motifs is 3. The molecule has 4 aromatic rings. The Morgan fingerprint density at radius 2 is 2.13 bits per heavy atom. The number of nitrogens with one attached hydrogen (secondary N) is 1. The smallest absolute Gasteiger partial charge is 0.231 e. The standard InChI is InChI=1S/C23H22FN5O2/c1-13-7-15(3-2-6-30)25-12-18(13)21-8-14-11-26-22(28-23(31)17-9-19(17)24)10-16(14)20-4-5-27-29(20)21/h4-5,7-8,10-12,17,19,30H,2-3,6,9H2,1H3,(H,26,28,31)/t17-,19+/m1/s1. The summed E-state index contributed by atoms with van der Waals surface area (Å²) in [5, 5.41) is 18.1. The molecule has 8 heteroatoms. The molecule has 4 aromatic heterocycles. The molecule has 0 aromatic carbocycles. The zero-order chi connectivity index (χ0) is 21.5. The van der Waals surface area contributed by atoms with Crippen LogP contribution in [0.2, 0.25) is 0 Å². The van der Waals surface area contributed by atoms with E-state index in [2.05, 4.69) is 20.4 Å². The fraction of sp³-hybridized carbons (Fsp3) is 0.304. The number of carbonyl (C=O) groups is 1. The van der Waals surface area contributed by atoms with Crippen molar-refractivity contribution in [3.05, 3.63) is 54.1 Å². The van der Waals surface area contributed by atoms with Gasteiger partial charge in [0.25, 0.3) is 0 Å². The van der Waals surface area contributed by atoms with Crippen molar-refractivity contribution in [2.75, 3.05) is 11.9 Å². The van der Waals surface area contributed by atoms with Crippen LogP contribution in [0.25, 0.3) is 27.5 Å². The molecule has 1 fully saturated rings. The lowest BCUT2D eigenvalue weighted by molar-refractivity contribution is -0.117. The molecule has 0 aliphatic heterocycles. The molecule has 0 unspecified atom stereocenters. The van der Waals surface area contributed by atoms with Crippen molar-refractivity contribution in [1.29, 1.82) is 0 Å². The van der Waals surface area contributed by atoms with Gasteiger partial charge in [0, 0.05) is 41.0 Å². The fourth-order valence-electron chi connectivity index (χ4n) is 3.90. The van der Waals surface area contributed by atoms with E-state index in [1.807, 2.05) is 35.8 Å². The second kappa shape index (κ2) is 7.70. The minimum atomic E-state index is -1.04. The number of rotatable bonds is 6. The lowest BCUT2D eigenvalue weighted by Crippen LogP contribution is -2.15. The molecule has 1 saturated carbocycles. The molecule has 0 saturated heterocycles. The second-order valence-corrected chi connectivity index (χ2v) is 7.98. The summed E-state index contributed by atoms with van der Waals surface area (Å²) in [5.41, 5.74) is 4.75. The van der Waals surface area contributed by atoms with E-state index < -0.39 is 12.1 Å². The number of aliphatic hydroxyl groups excluding tert-OH is 1. The summed E-state index contributed by atoms with van der Waals surface area (Å²) in [6, 6.07) is 7.75. The lowest BCUT2D eigenvalue weighted by atomic mass is 10.0.